The van der Waals surface area contributed by atoms with Gasteiger partial charge >= 0.3 is 0 Å². The summed E-state index contributed by atoms with van der Waals surface area (Å²) in [4.78, 5) is 30.0. The highest BCUT2D eigenvalue weighted by atomic mass is 35.5. The van der Waals surface area contributed by atoms with Gasteiger partial charge in [-0.05, 0) is 36.4 Å². The van der Waals surface area contributed by atoms with Crippen molar-refractivity contribution in [2.24, 2.45) is 0 Å². The number of anilines is 1. The van der Waals surface area contributed by atoms with Crippen molar-refractivity contribution in [1.82, 2.24) is 10.3 Å². The van der Waals surface area contributed by atoms with Crippen molar-refractivity contribution in [3.63, 3.8) is 0 Å². The minimum absolute atomic E-state index is 0.170. The number of carbonyl (C=O) groups is 2. The lowest BCUT2D eigenvalue weighted by molar-refractivity contribution is -0.121. The minimum atomic E-state index is -0.484. The fraction of sp³-hybridized carbons (Fsp3) is 0.235. The molecule has 5 nitrogen and oxygen atoms in total. The second-order valence-corrected chi connectivity index (χ2v) is 5.76. The van der Waals surface area contributed by atoms with E-state index in [1.54, 1.807) is 30.5 Å². The Labute approximate surface area is 139 Å². The normalized spacial score (nSPS) is 17.8. The summed E-state index contributed by atoms with van der Waals surface area (Å²) >= 11 is 5.84. The molecule has 1 atom stereocenters. The van der Waals surface area contributed by atoms with E-state index in [9.17, 15) is 9.59 Å². The number of hydrogen-bond donors (Lipinski definition) is 1. The topological polar surface area (TPSA) is 62.3 Å². The van der Waals surface area contributed by atoms with E-state index in [1.165, 1.54) is 4.90 Å². The third-order valence-corrected chi connectivity index (χ3v) is 3.98. The van der Waals surface area contributed by atoms with Gasteiger partial charge in [-0.2, -0.15) is 0 Å². The first-order chi connectivity index (χ1) is 11.1. The van der Waals surface area contributed by atoms with Crippen LogP contribution in [0.25, 0.3) is 0 Å². The Morgan fingerprint density at radius 3 is 2.65 bits per heavy atom. The van der Waals surface area contributed by atoms with Gasteiger partial charge in [0.1, 0.15) is 0 Å². The van der Waals surface area contributed by atoms with E-state index in [0.29, 0.717) is 23.7 Å². The summed E-state index contributed by atoms with van der Waals surface area (Å²) in [6, 6.07) is 11.9. The largest absolute Gasteiger partial charge is 0.305 e. The van der Waals surface area contributed by atoms with Crippen LogP contribution in [0.1, 0.15) is 12.1 Å². The van der Waals surface area contributed by atoms with E-state index >= 15 is 0 Å². The molecule has 118 valence electrons. The molecule has 1 N–H and O–H groups in total. The van der Waals surface area contributed by atoms with Gasteiger partial charge in [0.2, 0.25) is 5.91 Å². The maximum Gasteiger partial charge on any atom is 0.251 e. The summed E-state index contributed by atoms with van der Waals surface area (Å²) in [6.07, 6.45) is 2.62. The predicted molar refractivity (Wildman–Crippen MR) is 88.3 cm³/mol. The molecule has 1 aliphatic heterocycles. The highest BCUT2D eigenvalue weighted by Gasteiger charge is 2.39. The highest BCUT2D eigenvalue weighted by Crippen LogP contribution is 2.24. The average molecular weight is 330 g/mol. The van der Waals surface area contributed by atoms with Gasteiger partial charge in [0.15, 0.2) is 0 Å². The minimum Gasteiger partial charge on any atom is -0.305 e. The lowest BCUT2D eigenvalue weighted by Gasteiger charge is -2.15. The lowest BCUT2D eigenvalue weighted by atomic mass is 10.2. The van der Waals surface area contributed by atoms with Gasteiger partial charge in [-0.25, -0.2) is 4.90 Å². The number of hydrogen-bond acceptors (Lipinski definition) is 4. The molecule has 0 bridgehead atoms. The van der Waals surface area contributed by atoms with Crippen LogP contribution in [0.5, 0.6) is 0 Å². The first-order valence-corrected chi connectivity index (χ1v) is 7.78. The van der Waals surface area contributed by atoms with Crippen molar-refractivity contribution in [1.29, 1.82) is 0 Å². The summed E-state index contributed by atoms with van der Waals surface area (Å²) in [6.45, 7) is 0.592. The Balaban J connectivity index is 1.61. The van der Waals surface area contributed by atoms with Crippen LogP contribution in [0.2, 0.25) is 5.02 Å². The maximum absolute atomic E-state index is 12.4. The van der Waals surface area contributed by atoms with Crippen LogP contribution in [0, 0.1) is 0 Å². The van der Waals surface area contributed by atoms with E-state index in [0.717, 1.165) is 5.69 Å². The Morgan fingerprint density at radius 1 is 1.17 bits per heavy atom. The van der Waals surface area contributed by atoms with Gasteiger partial charge in [0, 0.05) is 29.9 Å². The first-order valence-electron chi connectivity index (χ1n) is 7.41. The molecule has 1 saturated heterocycles. The van der Waals surface area contributed by atoms with Crippen molar-refractivity contribution in [2.45, 2.75) is 18.9 Å². The van der Waals surface area contributed by atoms with E-state index in [-0.39, 0.29) is 18.2 Å². The Morgan fingerprint density at radius 2 is 1.96 bits per heavy atom. The summed E-state index contributed by atoms with van der Waals surface area (Å²) < 4.78 is 0. The Kier molecular flexibility index (Phi) is 4.69. The van der Waals surface area contributed by atoms with E-state index in [2.05, 4.69) is 10.3 Å². The molecule has 1 aromatic heterocycles. The number of nitrogens with one attached hydrogen (secondary N) is 1. The second-order valence-electron chi connectivity index (χ2n) is 5.33. The molecule has 2 amide bonds. The molecule has 2 aromatic rings. The zero-order chi connectivity index (χ0) is 16.2. The van der Waals surface area contributed by atoms with Crippen molar-refractivity contribution < 1.29 is 9.59 Å². The van der Waals surface area contributed by atoms with Crippen LogP contribution in [0.15, 0.2) is 48.7 Å². The third kappa shape index (κ3) is 3.57. The van der Waals surface area contributed by atoms with Crippen LogP contribution in [0.3, 0.4) is 0 Å². The number of amides is 2. The first kappa shape index (κ1) is 15.6. The van der Waals surface area contributed by atoms with Gasteiger partial charge in [-0.3, -0.25) is 14.6 Å². The van der Waals surface area contributed by atoms with E-state index in [4.69, 9.17) is 11.6 Å². The number of carbonyl (C=O) groups excluding carboxylic acids is 2. The van der Waals surface area contributed by atoms with Gasteiger partial charge in [0.25, 0.3) is 5.91 Å². The quantitative estimate of drug-likeness (QED) is 0.854. The summed E-state index contributed by atoms with van der Waals surface area (Å²) in [7, 11) is 0. The molecule has 23 heavy (non-hydrogen) atoms. The zero-order valence-electron chi connectivity index (χ0n) is 12.4. The fourth-order valence-electron chi connectivity index (χ4n) is 2.57. The number of benzene rings is 1. The maximum atomic E-state index is 12.4. The summed E-state index contributed by atoms with van der Waals surface area (Å²) in [5, 5.41) is 3.71. The molecule has 1 aliphatic rings. The van der Waals surface area contributed by atoms with Crippen molar-refractivity contribution in [3.05, 3.63) is 59.4 Å². The highest BCUT2D eigenvalue weighted by molar-refractivity contribution is 6.30. The molecule has 0 spiro atoms. The fourth-order valence-corrected chi connectivity index (χ4v) is 2.70. The van der Waals surface area contributed by atoms with Gasteiger partial charge in [-0.1, -0.05) is 17.7 Å². The Bertz CT molecular complexity index is 704. The Hall–Kier alpha value is -2.24. The van der Waals surface area contributed by atoms with Crippen LogP contribution in [-0.2, 0) is 16.0 Å². The zero-order valence-corrected chi connectivity index (χ0v) is 13.2. The number of nitrogens with zero attached hydrogens (tertiary/aromatic N) is 2. The van der Waals surface area contributed by atoms with Crippen LogP contribution in [0.4, 0.5) is 5.69 Å². The van der Waals surface area contributed by atoms with Crippen molar-refractivity contribution in [3.8, 4) is 0 Å². The molecule has 0 saturated carbocycles. The molecular weight excluding hydrogens is 314 g/mol. The molecule has 2 heterocycles. The monoisotopic (exact) mass is 329 g/mol. The number of rotatable bonds is 5. The number of aromatic nitrogens is 1. The lowest BCUT2D eigenvalue weighted by Crippen LogP contribution is -2.39. The van der Waals surface area contributed by atoms with Gasteiger partial charge in [0.05, 0.1) is 18.2 Å². The third-order valence-electron chi connectivity index (χ3n) is 3.73. The molecule has 0 unspecified atom stereocenters. The number of pyridine rings is 1. The second kappa shape index (κ2) is 6.89. The average Bonchev–Trinajstić information content (AvgIpc) is 2.84. The molecular formula is C17H16ClN3O2. The molecule has 0 aliphatic carbocycles. The predicted octanol–water partition coefficient (Wildman–Crippen LogP) is 2.20. The SMILES string of the molecule is O=C1C[C@H](NCCc2ccccn2)C(=O)N1c1ccc(Cl)cc1. The van der Waals surface area contributed by atoms with E-state index < -0.39 is 6.04 Å². The molecule has 1 fully saturated rings. The van der Waals surface area contributed by atoms with Crippen LogP contribution < -0.4 is 10.2 Å². The molecule has 3 rings (SSSR count). The standard InChI is InChI=1S/C17H16ClN3O2/c18-12-4-6-14(7-5-12)21-16(22)11-15(17(21)23)20-10-8-13-3-1-2-9-19-13/h1-7,9,15,20H,8,10-11H2/t15-/m0/s1. The number of halogens is 1. The van der Waals surface area contributed by atoms with Crippen molar-refractivity contribution in [2.75, 3.05) is 11.4 Å². The van der Waals surface area contributed by atoms with E-state index in [1.807, 2.05) is 18.2 Å². The molecule has 6 heteroatoms. The van der Waals surface area contributed by atoms with Crippen molar-refractivity contribution >= 4 is 29.1 Å². The van der Waals surface area contributed by atoms with Gasteiger partial charge in [-0.15, -0.1) is 0 Å². The van der Waals surface area contributed by atoms with Gasteiger partial charge < -0.3 is 5.32 Å². The summed E-state index contributed by atoms with van der Waals surface area (Å²) in [5.74, 6) is -0.425. The number of imide groups is 1. The molecule has 1 aromatic carbocycles. The summed E-state index contributed by atoms with van der Waals surface area (Å²) in [5.41, 5.74) is 1.50. The van der Waals surface area contributed by atoms with Crippen LogP contribution >= 0.6 is 11.6 Å². The molecule has 0 radical (unpaired) electrons. The van der Waals surface area contributed by atoms with Crippen LogP contribution in [-0.4, -0.2) is 29.4 Å². The smallest absolute Gasteiger partial charge is 0.251 e.